The van der Waals surface area contributed by atoms with E-state index in [0.29, 0.717) is 24.7 Å². The van der Waals surface area contributed by atoms with Gasteiger partial charge in [-0.3, -0.25) is 0 Å². The molecule has 4 nitrogen and oxygen atoms in total. The number of hydrogen-bond acceptors (Lipinski definition) is 3. The van der Waals surface area contributed by atoms with E-state index in [0.717, 1.165) is 22.7 Å². The molecule has 0 bridgehead atoms. The minimum atomic E-state index is -0.769. The maximum atomic E-state index is 13.3. The van der Waals surface area contributed by atoms with Gasteiger partial charge in [-0.05, 0) is 20.3 Å². The van der Waals surface area contributed by atoms with Crippen molar-refractivity contribution in [2.75, 3.05) is 18.0 Å². The number of nitrogens with zero attached hydrogens (tertiary/aromatic N) is 4. The van der Waals surface area contributed by atoms with Crippen LogP contribution in [0, 0.1) is 13.8 Å². The number of hydrogen-bond donors (Lipinski definition) is 0. The molecule has 0 N–H and O–H groups in total. The summed E-state index contributed by atoms with van der Waals surface area (Å²) in [4.78, 5) is 6.49. The molecule has 0 radical (unpaired) electrons. The summed E-state index contributed by atoms with van der Waals surface area (Å²) in [5.74, 6) is 0. The predicted octanol–water partition coefficient (Wildman–Crippen LogP) is 3.57. The number of anilines is 1. The molecule has 20 heavy (non-hydrogen) atoms. The van der Waals surface area contributed by atoms with E-state index in [-0.39, 0.29) is 0 Å². The third-order valence-electron chi connectivity index (χ3n) is 3.47. The first-order chi connectivity index (χ1) is 9.56. The molecule has 0 amide bonds. The molecule has 3 heterocycles. The molecule has 1 aliphatic rings. The zero-order chi connectivity index (χ0) is 14.9. The number of imidazole rings is 1. The molecule has 1 atom stereocenters. The number of alkyl halides is 1. The third-order valence-corrected chi connectivity index (χ3v) is 3.65. The van der Waals surface area contributed by atoms with Gasteiger partial charge in [0.05, 0.1) is 17.1 Å². The minimum Gasteiger partial charge on any atom is -0.365 e. The lowest BCUT2D eigenvalue weighted by Crippen LogP contribution is -2.21. The molecule has 3 rings (SSSR count). The van der Waals surface area contributed by atoms with Crippen molar-refractivity contribution in [1.29, 1.82) is 0 Å². The molecule has 0 saturated carbocycles. The summed E-state index contributed by atoms with van der Waals surface area (Å²) in [6.45, 7) is 8.98. The van der Waals surface area contributed by atoms with Crippen LogP contribution >= 0.6 is 11.6 Å². The molecular formula is C14H20ClFN4. The number of halogens is 2. The highest BCUT2D eigenvalue weighted by atomic mass is 35.5. The van der Waals surface area contributed by atoms with Gasteiger partial charge in [-0.15, -0.1) is 0 Å². The van der Waals surface area contributed by atoms with Gasteiger partial charge in [-0.2, -0.15) is 5.10 Å². The maximum Gasteiger partial charge on any atom is 0.177 e. The van der Waals surface area contributed by atoms with Crippen LogP contribution in [0.15, 0.2) is 6.07 Å². The van der Waals surface area contributed by atoms with Crippen molar-refractivity contribution in [3.63, 3.8) is 0 Å². The summed E-state index contributed by atoms with van der Waals surface area (Å²) in [7, 11) is 0. The average Bonchev–Trinajstić information content (AvgIpc) is 2.98. The second-order valence-electron chi connectivity index (χ2n) is 4.70. The van der Waals surface area contributed by atoms with E-state index in [1.54, 1.807) is 10.6 Å². The fraction of sp³-hybridized carbons (Fsp3) is 0.571. The highest BCUT2D eigenvalue weighted by molar-refractivity contribution is 6.29. The van der Waals surface area contributed by atoms with Gasteiger partial charge in [0.15, 0.2) is 10.8 Å². The van der Waals surface area contributed by atoms with E-state index in [1.807, 2.05) is 32.6 Å². The molecular weight excluding hydrogens is 279 g/mol. The van der Waals surface area contributed by atoms with Crippen LogP contribution in [0.4, 0.5) is 10.1 Å². The van der Waals surface area contributed by atoms with Crippen molar-refractivity contribution >= 4 is 22.9 Å². The van der Waals surface area contributed by atoms with Crippen LogP contribution < -0.4 is 4.90 Å². The first-order valence-electron chi connectivity index (χ1n) is 6.98. The lowest BCUT2D eigenvalue weighted by molar-refractivity contribution is 0.364. The maximum absolute atomic E-state index is 13.3. The number of aromatic nitrogens is 3. The highest BCUT2D eigenvalue weighted by Gasteiger charge is 2.25. The van der Waals surface area contributed by atoms with E-state index in [1.165, 1.54) is 0 Å². The van der Waals surface area contributed by atoms with Crippen molar-refractivity contribution in [2.45, 2.75) is 40.3 Å². The molecule has 0 aromatic carbocycles. The Bertz CT molecular complexity index is 611. The Kier molecular flexibility index (Phi) is 4.48. The van der Waals surface area contributed by atoms with Crippen LogP contribution in [0.25, 0.3) is 5.65 Å². The summed E-state index contributed by atoms with van der Waals surface area (Å²) in [5.41, 5.74) is 3.50. The van der Waals surface area contributed by atoms with Gasteiger partial charge in [0.2, 0.25) is 0 Å². The van der Waals surface area contributed by atoms with Crippen LogP contribution in [-0.4, -0.2) is 33.9 Å². The monoisotopic (exact) mass is 298 g/mol. The molecule has 1 saturated heterocycles. The molecule has 0 spiro atoms. The van der Waals surface area contributed by atoms with E-state index < -0.39 is 6.17 Å². The largest absolute Gasteiger partial charge is 0.365 e. The predicted molar refractivity (Wildman–Crippen MR) is 80.5 cm³/mol. The van der Waals surface area contributed by atoms with Gasteiger partial charge >= 0.3 is 0 Å². The number of aryl methyl sites for hydroxylation is 2. The fourth-order valence-electron chi connectivity index (χ4n) is 2.36. The van der Waals surface area contributed by atoms with Gasteiger partial charge in [0, 0.05) is 19.2 Å². The zero-order valence-electron chi connectivity index (χ0n) is 12.3. The summed E-state index contributed by atoms with van der Waals surface area (Å²) >= 11 is 6.04. The average molecular weight is 299 g/mol. The topological polar surface area (TPSA) is 33.4 Å². The summed E-state index contributed by atoms with van der Waals surface area (Å²) in [5, 5.41) is 4.65. The Labute approximate surface area is 123 Å². The summed E-state index contributed by atoms with van der Waals surface area (Å²) in [6, 6.07) is 1.76. The van der Waals surface area contributed by atoms with Crippen LogP contribution in [-0.2, 0) is 0 Å². The molecule has 6 heteroatoms. The minimum absolute atomic E-state index is 0.403. The lowest BCUT2D eigenvalue weighted by atomic mass is 10.3. The normalized spacial score (nSPS) is 18.3. The van der Waals surface area contributed by atoms with E-state index in [4.69, 9.17) is 11.6 Å². The van der Waals surface area contributed by atoms with Crippen LogP contribution in [0.2, 0.25) is 5.15 Å². The number of fused-ring (bicyclic) bond motifs is 1. The molecule has 110 valence electrons. The van der Waals surface area contributed by atoms with E-state index in [9.17, 15) is 4.39 Å². The fourth-order valence-corrected chi connectivity index (χ4v) is 2.54. The molecule has 2 aromatic heterocycles. The molecule has 1 fully saturated rings. The summed E-state index contributed by atoms with van der Waals surface area (Å²) in [6.07, 6.45) is -0.209. The zero-order valence-corrected chi connectivity index (χ0v) is 13.1. The van der Waals surface area contributed by atoms with Gasteiger partial charge < -0.3 is 4.90 Å². The van der Waals surface area contributed by atoms with E-state index in [2.05, 4.69) is 10.1 Å². The smallest absolute Gasteiger partial charge is 0.177 e. The van der Waals surface area contributed by atoms with Crippen molar-refractivity contribution in [3.05, 3.63) is 22.6 Å². The van der Waals surface area contributed by atoms with Gasteiger partial charge in [-0.1, -0.05) is 25.4 Å². The Hall–Kier alpha value is -1.36. The molecule has 2 aromatic rings. The lowest BCUT2D eigenvalue weighted by Gasteiger charge is -2.18. The third kappa shape index (κ3) is 2.59. The molecule has 1 aliphatic heterocycles. The first kappa shape index (κ1) is 15.0. The quantitative estimate of drug-likeness (QED) is 0.807. The van der Waals surface area contributed by atoms with Gasteiger partial charge in [0.1, 0.15) is 6.17 Å². The summed E-state index contributed by atoms with van der Waals surface area (Å²) < 4.78 is 15.1. The first-order valence-corrected chi connectivity index (χ1v) is 7.35. The van der Waals surface area contributed by atoms with E-state index >= 15 is 0 Å². The van der Waals surface area contributed by atoms with Gasteiger partial charge in [0.25, 0.3) is 0 Å². The second kappa shape index (κ2) is 5.95. The van der Waals surface area contributed by atoms with Crippen molar-refractivity contribution in [1.82, 2.24) is 14.6 Å². The Balaban J connectivity index is 0.000000704. The van der Waals surface area contributed by atoms with Crippen LogP contribution in [0.3, 0.4) is 0 Å². The van der Waals surface area contributed by atoms with Crippen molar-refractivity contribution < 1.29 is 4.39 Å². The number of rotatable bonds is 1. The molecule has 0 aliphatic carbocycles. The van der Waals surface area contributed by atoms with Crippen molar-refractivity contribution in [2.24, 2.45) is 0 Å². The SMILES string of the molecule is CC.Cc1nc2c(N3CCC(F)C3)cc(Cl)nn2c1C. The van der Waals surface area contributed by atoms with Crippen molar-refractivity contribution in [3.8, 4) is 0 Å². The van der Waals surface area contributed by atoms with Gasteiger partial charge in [-0.25, -0.2) is 13.9 Å². The Morgan fingerprint density at radius 1 is 1.35 bits per heavy atom. The standard InChI is InChI=1S/C12H14ClFN4.C2H6/c1-7-8(2)18-12(15-7)10(5-11(13)16-18)17-4-3-9(14)6-17;1-2/h5,9H,3-4,6H2,1-2H3;1-2H3. The Morgan fingerprint density at radius 3 is 2.65 bits per heavy atom. The molecule has 1 unspecified atom stereocenters. The Morgan fingerprint density at radius 2 is 2.05 bits per heavy atom. The van der Waals surface area contributed by atoms with Crippen LogP contribution in [0.1, 0.15) is 31.7 Å². The van der Waals surface area contributed by atoms with Crippen LogP contribution in [0.5, 0.6) is 0 Å². The highest BCUT2D eigenvalue weighted by Crippen LogP contribution is 2.28. The second-order valence-corrected chi connectivity index (χ2v) is 5.09.